The fourth-order valence-corrected chi connectivity index (χ4v) is 4.27. The minimum atomic E-state index is -1.49. The molecule has 220 valence electrons. The standard InChI is InChI=1S/C27H40N6O7/c1-15(2)11-20(32-26(38)21(13-23(34)35)31-24(36)18(29)8-5-6-10-28)25(37)33-22(27(39)40)12-16-14-30-19-9-4-3-7-17(16)19/h3-4,7,9,14-15,18,20-22,30H,5-6,8,10-13,28-29H2,1-2H3,(H,31,36)(H,32,38)(H,33,37)(H,34,35)(H,39,40). The van der Waals surface area contributed by atoms with Gasteiger partial charge < -0.3 is 42.6 Å². The lowest BCUT2D eigenvalue weighted by atomic mass is 10.0. The van der Waals surface area contributed by atoms with Gasteiger partial charge in [-0.05, 0) is 43.4 Å². The van der Waals surface area contributed by atoms with Gasteiger partial charge in [0.05, 0.1) is 12.5 Å². The van der Waals surface area contributed by atoms with Gasteiger partial charge in [-0.1, -0.05) is 38.5 Å². The third-order valence-electron chi connectivity index (χ3n) is 6.37. The number of carboxylic acid groups (broad SMARTS) is 2. The van der Waals surface area contributed by atoms with Crippen LogP contribution >= 0.6 is 0 Å². The number of aromatic nitrogens is 1. The van der Waals surface area contributed by atoms with E-state index in [9.17, 15) is 34.2 Å². The summed E-state index contributed by atoms with van der Waals surface area (Å²) in [7, 11) is 0. The van der Waals surface area contributed by atoms with Gasteiger partial charge in [0, 0.05) is 23.5 Å². The quantitative estimate of drug-likeness (QED) is 0.124. The molecule has 2 rings (SSSR count). The molecular weight excluding hydrogens is 520 g/mol. The minimum Gasteiger partial charge on any atom is -0.481 e. The summed E-state index contributed by atoms with van der Waals surface area (Å²) >= 11 is 0. The van der Waals surface area contributed by atoms with Crippen molar-refractivity contribution in [2.75, 3.05) is 6.54 Å². The van der Waals surface area contributed by atoms with E-state index in [0.29, 0.717) is 31.4 Å². The molecular formula is C27H40N6O7. The first kappa shape index (κ1) is 32.2. The van der Waals surface area contributed by atoms with Crippen LogP contribution in [0.4, 0.5) is 0 Å². The molecule has 0 aliphatic carbocycles. The number of aliphatic carboxylic acids is 2. The third-order valence-corrected chi connectivity index (χ3v) is 6.37. The zero-order chi connectivity index (χ0) is 29.8. The zero-order valence-electron chi connectivity index (χ0n) is 22.8. The highest BCUT2D eigenvalue weighted by atomic mass is 16.4. The molecule has 13 heteroatoms. The number of fused-ring (bicyclic) bond motifs is 1. The predicted molar refractivity (Wildman–Crippen MR) is 148 cm³/mol. The molecule has 2 aromatic rings. The summed E-state index contributed by atoms with van der Waals surface area (Å²) in [5.41, 5.74) is 12.8. The Balaban J connectivity index is 2.15. The Bertz CT molecular complexity index is 1180. The van der Waals surface area contributed by atoms with Crippen LogP contribution in [0.3, 0.4) is 0 Å². The van der Waals surface area contributed by atoms with E-state index in [1.54, 1.807) is 6.20 Å². The average molecular weight is 561 g/mol. The van der Waals surface area contributed by atoms with E-state index >= 15 is 0 Å². The lowest BCUT2D eigenvalue weighted by molar-refractivity contribution is -0.143. The topological polar surface area (TPSA) is 230 Å². The van der Waals surface area contributed by atoms with Crippen molar-refractivity contribution >= 4 is 40.6 Å². The number of carboxylic acids is 2. The molecule has 0 saturated carbocycles. The summed E-state index contributed by atoms with van der Waals surface area (Å²) < 4.78 is 0. The second-order valence-electron chi connectivity index (χ2n) is 10.2. The lowest BCUT2D eigenvalue weighted by Crippen LogP contribution is -2.57. The number of aromatic amines is 1. The molecule has 0 fully saturated rings. The summed E-state index contributed by atoms with van der Waals surface area (Å²) in [5.74, 6) is -5.02. The molecule has 0 aliphatic rings. The Morgan fingerprint density at radius 2 is 1.52 bits per heavy atom. The lowest BCUT2D eigenvalue weighted by Gasteiger charge is -2.25. The Morgan fingerprint density at radius 3 is 2.15 bits per heavy atom. The molecule has 10 N–H and O–H groups in total. The van der Waals surface area contributed by atoms with Crippen LogP contribution in [0, 0.1) is 5.92 Å². The van der Waals surface area contributed by atoms with Crippen molar-refractivity contribution in [2.24, 2.45) is 17.4 Å². The number of benzene rings is 1. The van der Waals surface area contributed by atoms with Gasteiger partial charge in [0.25, 0.3) is 0 Å². The molecule has 0 spiro atoms. The van der Waals surface area contributed by atoms with Crippen LogP contribution in [0.5, 0.6) is 0 Å². The monoisotopic (exact) mass is 560 g/mol. The van der Waals surface area contributed by atoms with Crippen molar-refractivity contribution in [2.45, 2.75) is 76.5 Å². The molecule has 1 aromatic heterocycles. The first-order valence-electron chi connectivity index (χ1n) is 13.3. The first-order valence-corrected chi connectivity index (χ1v) is 13.3. The number of amides is 3. The van der Waals surface area contributed by atoms with Gasteiger partial charge in [-0.3, -0.25) is 19.2 Å². The van der Waals surface area contributed by atoms with E-state index in [2.05, 4.69) is 20.9 Å². The predicted octanol–water partition coefficient (Wildman–Crippen LogP) is 0.227. The van der Waals surface area contributed by atoms with E-state index in [4.69, 9.17) is 11.5 Å². The molecule has 13 nitrogen and oxygen atoms in total. The molecule has 0 saturated heterocycles. The van der Waals surface area contributed by atoms with Crippen LogP contribution in [-0.2, 0) is 30.4 Å². The number of nitrogens with one attached hydrogen (secondary N) is 4. The molecule has 1 aromatic carbocycles. The van der Waals surface area contributed by atoms with Gasteiger partial charge >= 0.3 is 11.9 Å². The maximum Gasteiger partial charge on any atom is 0.326 e. The molecule has 3 amide bonds. The van der Waals surface area contributed by atoms with Crippen molar-refractivity contribution in [3.05, 3.63) is 36.0 Å². The highest BCUT2D eigenvalue weighted by molar-refractivity contribution is 5.95. The molecule has 1 heterocycles. The van der Waals surface area contributed by atoms with Crippen LogP contribution < -0.4 is 27.4 Å². The second kappa shape index (κ2) is 15.6. The van der Waals surface area contributed by atoms with Crippen LogP contribution in [0.1, 0.15) is 51.5 Å². The van der Waals surface area contributed by atoms with Crippen molar-refractivity contribution in [3.8, 4) is 0 Å². The summed E-state index contributed by atoms with van der Waals surface area (Å²) in [4.78, 5) is 65.3. The molecule has 0 bridgehead atoms. The van der Waals surface area contributed by atoms with Gasteiger partial charge in [-0.2, -0.15) is 0 Å². The van der Waals surface area contributed by atoms with Crippen molar-refractivity contribution < 1.29 is 34.2 Å². The van der Waals surface area contributed by atoms with Crippen LogP contribution in [0.15, 0.2) is 30.5 Å². The number of rotatable bonds is 17. The van der Waals surface area contributed by atoms with Crippen LogP contribution in [-0.4, -0.2) is 75.6 Å². The Morgan fingerprint density at radius 1 is 0.900 bits per heavy atom. The van der Waals surface area contributed by atoms with Gasteiger partial charge in [-0.25, -0.2) is 4.79 Å². The number of H-pyrrole nitrogens is 1. The average Bonchev–Trinajstić information content (AvgIpc) is 3.29. The molecule has 0 radical (unpaired) electrons. The Hall–Kier alpha value is -3.97. The van der Waals surface area contributed by atoms with Crippen LogP contribution in [0.2, 0.25) is 0 Å². The van der Waals surface area contributed by atoms with Gasteiger partial charge in [-0.15, -0.1) is 0 Å². The summed E-state index contributed by atoms with van der Waals surface area (Å²) in [5, 5.41) is 27.3. The number of para-hydroxylation sites is 1. The van der Waals surface area contributed by atoms with Gasteiger partial charge in [0.1, 0.15) is 18.1 Å². The maximum atomic E-state index is 13.2. The highest BCUT2D eigenvalue weighted by Gasteiger charge is 2.32. The van der Waals surface area contributed by atoms with Crippen LogP contribution in [0.25, 0.3) is 10.9 Å². The van der Waals surface area contributed by atoms with Gasteiger partial charge in [0.2, 0.25) is 17.7 Å². The van der Waals surface area contributed by atoms with Crippen molar-refractivity contribution in [1.82, 2.24) is 20.9 Å². The van der Waals surface area contributed by atoms with E-state index in [1.165, 1.54) is 0 Å². The highest BCUT2D eigenvalue weighted by Crippen LogP contribution is 2.19. The molecule has 40 heavy (non-hydrogen) atoms. The van der Waals surface area contributed by atoms with E-state index in [0.717, 1.165) is 10.9 Å². The summed E-state index contributed by atoms with van der Waals surface area (Å²) in [6, 6.07) is 2.42. The number of carbonyl (C=O) groups excluding carboxylic acids is 3. The number of nitrogens with two attached hydrogens (primary N) is 2. The minimum absolute atomic E-state index is 0.00677. The largest absolute Gasteiger partial charge is 0.481 e. The first-order chi connectivity index (χ1) is 18.9. The molecule has 4 unspecified atom stereocenters. The Labute approximate surface area is 232 Å². The normalized spacial score (nSPS) is 14.2. The number of unbranched alkanes of at least 4 members (excludes halogenated alkanes) is 1. The fourth-order valence-electron chi connectivity index (χ4n) is 4.27. The van der Waals surface area contributed by atoms with Crippen molar-refractivity contribution in [3.63, 3.8) is 0 Å². The third kappa shape index (κ3) is 9.97. The maximum absolute atomic E-state index is 13.2. The van der Waals surface area contributed by atoms with Gasteiger partial charge in [0.15, 0.2) is 0 Å². The smallest absolute Gasteiger partial charge is 0.326 e. The molecule has 4 atom stereocenters. The SMILES string of the molecule is CC(C)CC(NC(=O)C(CC(=O)O)NC(=O)C(N)CCCCN)C(=O)NC(Cc1c[nH]c2ccccc12)C(=O)O. The summed E-state index contributed by atoms with van der Waals surface area (Å²) in [6.45, 7) is 4.05. The number of hydrogen-bond acceptors (Lipinski definition) is 7. The van der Waals surface area contributed by atoms with E-state index in [1.807, 2.05) is 38.1 Å². The molecule has 0 aliphatic heterocycles. The second-order valence-corrected chi connectivity index (χ2v) is 10.2. The van der Waals surface area contributed by atoms with E-state index in [-0.39, 0.29) is 18.8 Å². The fraction of sp³-hybridized carbons (Fsp3) is 0.519. The number of hydrogen-bond donors (Lipinski definition) is 8. The van der Waals surface area contributed by atoms with E-state index < -0.39 is 60.2 Å². The Kier molecular flexibility index (Phi) is 12.6. The zero-order valence-corrected chi connectivity index (χ0v) is 22.8. The number of carbonyl (C=O) groups is 5. The van der Waals surface area contributed by atoms with Crippen molar-refractivity contribution in [1.29, 1.82) is 0 Å². The summed E-state index contributed by atoms with van der Waals surface area (Å²) in [6.07, 6.45) is 2.62.